The van der Waals surface area contributed by atoms with Crippen LogP contribution in [0.15, 0.2) is 36.5 Å². The third kappa shape index (κ3) is 1.99. The number of nitrogens with one attached hydrogen (secondary N) is 2. The zero-order valence-corrected chi connectivity index (χ0v) is 9.51. The second-order valence-corrected chi connectivity index (χ2v) is 3.94. The number of rotatable bonds is 3. The smallest absolute Gasteiger partial charge is 0.201 e. The number of aryl methyl sites for hydroxylation is 1. The summed E-state index contributed by atoms with van der Waals surface area (Å²) in [7, 11) is 1.91. The van der Waals surface area contributed by atoms with Crippen LogP contribution in [0.4, 0.5) is 5.95 Å². The van der Waals surface area contributed by atoms with Gasteiger partial charge in [0.05, 0.1) is 23.3 Å². The summed E-state index contributed by atoms with van der Waals surface area (Å²) in [6.45, 7) is 0.667. The monoisotopic (exact) mass is 227 g/mol. The number of para-hydroxylation sites is 2. The van der Waals surface area contributed by atoms with Crippen LogP contribution in [0, 0.1) is 0 Å². The molecule has 0 aliphatic heterocycles. The lowest BCUT2D eigenvalue weighted by Gasteiger charge is -1.98. The van der Waals surface area contributed by atoms with Crippen molar-refractivity contribution in [1.29, 1.82) is 0 Å². The van der Waals surface area contributed by atoms with Crippen molar-refractivity contribution in [3.63, 3.8) is 0 Å². The second-order valence-electron chi connectivity index (χ2n) is 3.94. The van der Waals surface area contributed by atoms with Gasteiger partial charge in [-0.1, -0.05) is 12.1 Å². The topological polar surface area (TPSA) is 58.5 Å². The Morgan fingerprint density at radius 1 is 1.29 bits per heavy atom. The Labute approximate surface area is 98.5 Å². The van der Waals surface area contributed by atoms with E-state index < -0.39 is 0 Å². The zero-order chi connectivity index (χ0) is 11.7. The van der Waals surface area contributed by atoms with Crippen molar-refractivity contribution < 1.29 is 0 Å². The average Bonchev–Trinajstić information content (AvgIpc) is 2.91. The summed E-state index contributed by atoms with van der Waals surface area (Å²) in [5.41, 5.74) is 3.00. The zero-order valence-electron chi connectivity index (χ0n) is 9.51. The van der Waals surface area contributed by atoms with E-state index in [1.165, 1.54) is 0 Å². The molecule has 5 nitrogen and oxygen atoms in total. The molecule has 3 rings (SSSR count). The van der Waals surface area contributed by atoms with E-state index in [-0.39, 0.29) is 0 Å². The Morgan fingerprint density at radius 3 is 2.94 bits per heavy atom. The number of aromatic nitrogens is 4. The van der Waals surface area contributed by atoms with E-state index in [4.69, 9.17) is 0 Å². The summed E-state index contributed by atoms with van der Waals surface area (Å²) >= 11 is 0. The first-order chi connectivity index (χ1) is 8.31. The number of anilines is 1. The second kappa shape index (κ2) is 3.93. The molecule has 2 N–H and O–H groups in total. The molecule has 0 atom stereocenters. The molecule has 0 saturated carbocycles. The van der Waals surface area contributed by atoms with Gasteiger partial charge in [-0.2, -0.15) is 5.10 Å². The number of hydrogen-bond acceptors (Lipinski definition) is 3. The first-order valence-electron chi connectivity index (χ1n) is 5.48. The maximum absolute atomic E-state index is 4.43. The standard InChI is InChI=1S/C12H13N5/c1-17-7-6-9(16-17)8-13-12-14-10-4-2-3-5-11(10)15-12/h2-7H,8H2,1H3,(H2,13,14,15). The molecule has 3 aromatic rings. The van der Waals surface area contributed by atoms with Crippen LogP contribution < -0.4 is 5.32 Å². The Hall–Kier alpha value is -2.30. The lowest BCUT2D eigenvalue weighted by Crippen LogP contribution is -2.02. The van der Waals surface area contributed by atoms with E-state index >= 15 is 0 Å². The number of benzene rings is 1. The molecular weight excluding hydrogens is 214 g/mol. The number of H-pyrrole nitrogens is 1. The Bertz CT molecular complexity index is 604. The number of aromatic amines is 1. The highest BCUT2D eigenvalue weighted by molar-refractivity contribution is 5.77. The van der Waals surface area contributed by atoms with Crippen LogP contribution in [0.3, 0.4) is 0 Å². The molecule has 0 aliphatic rings. The lowest BCUT2D eigenvalue weighted by molar-refractivity contribution is 0.746. The minimum Gasteiger partial charge on any atom is -0.350 e. The number of hydrogen-bond donors (Lipinski definition) is 2. The van der Waals surface area contributed by atoms with Gasteiger partial charge in [0, 0.05) is 13.2 Å². The van der Waals surface area contributed by atoms with Crippen molar-refractivity contribution in [3.8, 4) is 0 Å². The van der Waals surface area contributed by atoms with Crippen LogP contribution >= 0.6 is 0 Å². The molecule has 0 saturated heterocycles. The van der Waals surface area contributed by atoms with Crippen LogP contribution in [0.25, 0.3) is 11.0 Å². The van der Waals surface area contributed by atoms with Crippen molar-refractivity contribution in [3.05, 3.63) is 42.2 Å². The molecular formula is C12H13N5. The number of nitrogens with zero attached hydrogens (tertiary/aromatic N) is 3. The minimum absolute atomic E-state index is 0.667. The van der Waals surface area contributed by atoms with E-state index in [1.807, 2.05) is 43.6 Å². The summed E-state index contributed by atoms with van der Waals surface area (Å²) < 4.78 is 1.79. The SMILES string of the molecule is Cn1ccc(CNc2nc3ccccc3[nH]2)n1. The van der Waals surface area contributed by atoms with Crippen LogP contribution in [-0.4, -0.2) is 19.7 Å². The summed E-state index contributed by atoms with van der Waals surface area (Å²) in [6.07, 6.45) is 1.93. The normalized spacial score (nSPS) is 10.9. The van der Waals surface area contributed by atoms with Gasteiger partial charge < -0.3 is 10.3 Å². The highest BCUT2D eigenvalue weighted by Crippen LogP contribution is 2.13. The summed E-state index contributed by atoms with van der Waals surface area (Å²) in [4.78, 5) is 7.65. The van der Waals surface area contributed by atoms with Gasteiger partial charge in [-0.3, -0.25) is 4.68 Å². The van der Waals surface area contributed by atoms with Crippen molar-refractivity contribution in [2.24, 2.45) is 7.05 Å². The maximum atomic E-state index is 4.43. The van der Waals surface area contributed by atoms with Gasteiger partial charge in [0.2, 0.25) is 5.95 Å². The van der Waals surface area contributed by atoms with Gasteiger partial charge in [-0.15, -0.1) is 0 Å². The van der Waals surface area contributed by atoms with Crippen molar-refractivity contribution in [2.45, 2.75) is 6.54 Å². The molecule has 2 aromatic heterocycles. The van der Waals surface area contributed by atoms with E-state index in [0.717, 1.165) is 22.7 Å². The largest absolute Gasteiger partial charge is 0.350 e. The molecule has 0 unspecified atom stereocenters. The third-order valence-electron chi connectivity index (χ3n) is 2.60. The van der Waals surface area contributed by atoms with E-state index in [0.29, 0.717) is 6.54 Å². The lowest BCUT2D eigenvalue weighted by atomic mass is 10.3. The molecule has 0 bridgehead atoms. The third-order valence-corrected chi connectivity index (χ3v) is 2.60. The summed E-state index contributed by atoms with van der Waals surface area (Å²) in [6, 6.07) is 9.94. The van der Waals surface area contributed by atoms with E-state index in [9.17, 15) is 0 Å². The fourth-order valence-electron chi connectivity index (χ4n) is 1.77. The van der Waals surface area contributed by atoms with Gasteiger partial charge >= 0.3 is 0 Å². The molecule has 0 amide bonds. The van der Waals surface area contributed by atoms with Crippen molar-refractivity contribution in [2.75, 3.05) is 5.32 Å². The summed E-state index contributed by atoms with van der Waals surface area (Å²) in [5, 5.41) is 7.51. The van der Waals surface area contributed by atoms with Gasteiger partial charge in [0.15, 0.2) is 0 Å². The highest BCUT2D eigenvalue weighted by Gasteiger charge is 2.02. The Balaban J connectivity index is 1.76. The van der Waals surface area contributed by atoms with Gasteiger partial charge in [-0.05, 0) is 18.2 Å². The van der Waals surface area contributed by atoms with Crippen LogP contribution in [-0.2, 0) is 13.6 Å². The molecule has 0 aliphatic carbocycles. The van der Waals surface area contributed by atoms with Crippen LogP contribution in [0.5, 0.6) is 0 Å². The van der Waals surface area contributed by atoms with E-state index in [2.05, 4.69) is 20.4 Å². The molecule has 2 heterocycles. The molecule has 0 fully saturated rings. The highest BCUT2D eigenvalue weighted by atomic mass is 15.3. The van der Waals surface area contributed by atoms with Gasteiger partial charge in [0.25, 0.3) is 0 Å². The van der Waals surface area contributed by atoms with Gasteiger partial charge in [0.1, 0.15) is 0 Å². The van der Waals surface area contributed by atoms with Crippen LogP contribution in [0.2, 0.25) is 0 Å². The molecule has 5 heteroatoms. The Morgan fingerprint density at radius 2 is 2.18 bits per heavy atom. The van der Waals surface area contributed by atoms with E-state index in [1.54, 1.807) is 4.68 Å². The quantitative estimate of drug-likeness (QED) is 0.718. The maximum Gasteiger partial charge on any atom is 0.201 e. The predicted molar refractivity (Wildman–Crippen MR) is 66.6 cm³/mol. The van der Waals surface area contributed by atoms with Gasteiger partial charge in [-0.25, -0.2) is 4.98 Å². The predicted octanol–water partition coefficient (Wildman–Crippen LogP) is 1.91. The first kappa shape index (κ1) is 9.89. The van der Waals surface area contributed by atoms with Crippen molar-refractivity contribution >= 4 is 17.0 Å². The molecule has 17 heavy (non-hydrogen) atoms. The summed E-state index contributed by atoms with van der Waals surface area (Å²) in [5.74, 6) is 0.775. The molecule has 0 spiro atoms. The first-order valence-corrected chi connectivity index (χ1v) is 5.48. The van der Waals surface area contributed by atoms with Crippen LogP contribution in [0.1, 0.15) is 5.69 Å². The number of imidazole rings is 1. The molecule has 0 radical (unpaired) electrons. The van der Waals surface area contributed by atoms with Crippen molar-refractivity contribution in [1.82, 2.24) is 19.7 Å². The minimum atomic E-state index is 0.667. The molecule has 1 aromatic carbocycles. The Kier molecular flexibility index (Phi) is 2.29. The average molecular weight is 227 g/mol. The number of fused-ring (bicyclic) bond motifs is 1. The fraction of sp³-hybridized carbons (Fsp3) is 0.167. The fourth-order valence-corrected chi connectivity index (χ4v) is 1.77. The molecule has 86 valence electrons.